The Hall–Kier alpha value is -8.15. The molecule has 11 aromatic rings. The van der Waals surface area contributed by atoms with Crippen molar-refractivity contribution in [3.8, 4) is 62.1 Å². The van der Waals surface area contributed by atoms with Crippen molar-refractivity contribution in [2.75, 3.05) is 0 Å². The summed E-state index contributed by atoms with van der Waals surface area (Å²) in [5.74, 6) is 1.93. The van der Waals surface area contributed by atoms with Crippen LogP contribution in [0.2, 0.25) is 0 Å². The Bertz CT molecular complexity index is 3450. The molecule has 11 rings (SSSR count). The van der Waals surface area contributed by atoms with Crippen molar-refractivity contribution in [1.29, 1.82) is 0 Å². The summed E-state index contributed by atoms with van der Waals surface area (Å²) in [5.41, 5.74) is 14.4. The van der Waals surface area contributed by atoms with Crippen LogP contribution in [0.4, 0.5) is 0 Å². The van der Waals surface area contributed by atoms with Crippen LogP contribution in [-0.4, -0.2) is 24.1 Å². The van der Waals surface area contributed by atoms with Gasteiger partial charge in [0.1, 0.15) is 0 Å². The molecule has 0 bridgehead atoms. The minimum absolute atomic E-state index is 0.634. The summed E-state index contributed by atoms with van der Waals surface area (Å²) >= 11 is 0. The van der Waals surface area contributed by atoms with Gasteiger partial charge >= 0.3 is 0 Å². The number of allylic oxidation sites excluding steroid dienone is 4. The van der Waals surface area contributed by atoms with Gasteiger partial charge in [0.15, 0.2) is 17.5 Å². The summed E-state index contributed by atoms with van der Waals surface area (Å²) < 4.78 is 4.84. The molecule has 0 saturated carbocycles. The first-order valence-electron chi connectivity index (χ1n) is 21.1. The summed E-state index contributed by atoms with van der Waals surface area (Å²) in [6.45, 7) is 4.21. The molecule has 3 heterocycles. The van der Waals surface area contributed by atoms with E-state index in [1.165, 1.54) is 49.2 Å². The largest absolute Gasteiger partial charge is 0.309 e. The van der Waals surface area contributed by atoms with Crippen LogP contribution >= 0.6 is 0 Å². The highest BCUT2D eigenvalue weighted by Gasteiger charge is 2.21. The van der Waals surface area contributed by atoms with E-state index < -0.39 is 0 Å². The van der Waals surface area contributed by atoms with Crippen LogP contribution in [-0.2, 0) is 0 Å². The molecule has 0 N–H and O–H groups in total. The third kappa shape index (κ3) is 6.22. The van der Waals surface area contributed by atoms with Gasteiger partial charge in [0, 0.05) is 60.7 Å². The van der Waals surface area contributed by atoms with Gasteiger partial charge in [-0.05, 0) is 61.4 Å². The molecule has 0 atom stereocenters. The molecule has 0 unspecified atom stereocenters. The lowest BCUT2D eigenvalue weighted by molar-refractivity contribution is 1.07. The van der Waals surface area contributed by atoms with Crippen LogP contribution in [0.25, 0.3) is 111 Å². The predicted molar refractivity (Wildman–Crippen MR) is 259 cm³/mol. The topological polar surface area (TPSA) is 48.5 Å². The standard InChI is InChI=1S/C57H41N5/c1-3-18-43(4-2)62-53-45(38-31-33-41(34-32-38)57-59-55(39-19-8-5-9-20-39)58-56(60-57)40-21-10-6-11-22-40)26-16-28-48(53)49-29-17-27-46(54(49)62)42-35-36-52-50(37-42)47-25-14-15-30-51(47)61(52)44-23-12-7-13-24-44/h3-37H,1-2H3/b18-3-,43-4+. The average Bonchev–Trinajstić information content (AvgIpc) is 3.87. The quantitative estimate of drug-likeness (QED) is 0.144. The molecule has 0 aliphatic rings. The Kier molecular flexibility index (Phi) is 9.20. The Labute approximate surface area is 360 Å². The molecular weight excluding hydrogens is 755 g/mol. The fourth-order valence-electron chi connectivity index (χ4n) is 9.04. The minimum atomic E-state index is 0.634. The van der Waals surface area contributed by atoms with E-state index in [2.05, 4.69) is 175 Å². The van der Waals surface area contributed by atoms with E-state index in [0.717, 1.165) is 44.7 Å². The molecule has 0 aliphatic carbocycles. The number of fused-ring (bicyclic) bond motifs is 6. The van der Waals surface area contributed by atoms with Crippen LogP contribution in [0, 0.1) is 0 Å². The van der Waals surface area contributed by atoms with E-state index >= 15 is 0 Å². The van der Waals surface area contributed by atoms with Crippen molar-refractivity contribution >= 4 is 49.3 Å². The maximum absolute atomic E-state index is 5.00. The van der Waals surface area contributed by atoms with Crippen molar-refractivity contribution in [2.45, 2.75) is 13.8 Å². The molecular formula is C57H41N5. The lowest BCUT2D eigenvalue weighted by Crippen LogP contribution is -2.00. The zero-order valence-electron chi connectivity index (χ0n) is 34.4. The number of rotatable bonds is 8. The molecule has 5 heteroatoms. The summed E-state index contributed by atoms with van der Waals surface area (Å²) in [7, 11) is 0. The Morgan fingerprint density at radius 1 is 0.403 bits per heavy atom. The van der Waals surface area contributed by atoms with Crippen molar-refractivity contribution in [3.05, 3.63) is 212 Å². The van der Waals surface area contributed by atoms with Gasteiger partial charge in [-0.3, -0.25) is 0 Å². The molecule has 0 saturated heterocycles. The first kappa shape index (κ1) is 36.9. The predicted octanol–water partition coefficient (Wildman–Crippen LogP) is 14.8. The summed E-state index contributed by atoms with van der Waals surface area (Å²) in [6, 6.07) is 68.6. The van der Waals surface area contributed by atoms with E-state index in [-0.39, 0.29) is 0 Å². The number of hydrogen-bond donors (Lipinski definition) is 0. The molecule has 294 valence electrons. The average molecular weight is 796 g/mol. The van der Waals surface area contributed by atoms with Gasteiger partial charge in [0.2, 0.25) is 0 Å². The molecule has 0 radical (unpaired) electrons. The Morgan fingerprint density at radius 3 is 1.45 bits per heavy atom. The minimum Gasteiger partial charge on any atom is -0.309 e. The van der Waals surface area contributed by atoms with Crippen LogP contribution in [0.1, 0.15) is 13.8 Å². The number of aromatic nitrogens is 5. The van der Waals surface area contributed by atoms with Crippen molar-refractivity contribution in [3.63, 3.8) is 0 Å². The summed E-state index contributed by atoms with van der Waals surface area (Å²) in [5, 5.41) is 4.87. The van der Waals surface area contributed by atoms with Crippen molar-refractivity contribution in [2.24, 2.45) is 0 Å². The van der Waals surface area contributed by atoms with Gasteiger partial charge in [0.25, 0.3) is 0 Å². The van der Waals surface area contributed by atoms with Crippen molar-refractivity contribution in [1.82, 2.24) is 24.1 Å². The van der Waals surface area contributed by atoms with Crippen LogP contribution in [0.15, 0.2) is 212 Å². The van der Waals surface area contributed by atoms with Gasteiger partial charge in [-0.15, -0.1) is 0 Å². The lowest BCUT2D eigenvalue weighted by Gasteiger charge is -2.15. The fraction of sp³-hybridized carbons (Fsp3) is 0.0351. The number of benzene rings is 8. The second-order valence-corrected chi connectivity index (χ2v) is 15.5. The molecule has 0 aliphatic heterocycles. The van der Waals surface area contributed by atoms with Crippen molar-refractivity contribution < 1.29 is 0 Å². The summed E-state index contributed by atoms with van der Waals surface area (Å²) in [4.78, 5) is 14.9. The lowest BCUT2D eigenvalue weighted by atomic mass is 9.99. The van der Waals surface area contributed by atoms with E-state index in [1.807, 2.05) is 60.7 Å². The van der Waals surface area contributed by atoms with E-state index in [0.29, 0.717) is 17.5 Å². The second kappa shape index (κ2) is 15.5. The molecule has 3 aromatic heterocycles. The molecule has 0 fully saturated rings. The highest BCUT2D eigenvalue weighted by molar-refractivity contribution is 6.19. The maximum Gasteiger partial charge on any atom is 0.164 e. The molecule has 62 heavy (non-hydrogen) atoms. The second-order valence-electron chi connectivity index (χ2n) is 15.5. The van der Waals surface area contributed by atoms with Gasteiger partial charge in [-0.25, -0.2) is 15.0 Å². The Morgan fingerprint density at radius 2 is 0.871 bits per heavy atom. The van der Waals surface area contributed by atoms with Crippen LogP contribution in [0.3, 0.4) is 0 Å². The third-order valence-corrected chi connectivity index (χ3v) is 11.9. The maximum atomic E-state index is 5.00. The first-order chi connectivity index (χ1) is 30.7. The SMILES string of the molecule is C/C=C\C(=C/C)n1c2c(-c3ccc(-c4nc(-c5ccccc5)nc(-c5ccccc5)n4)cc3)cccc2c2cccc(-c3ccc4c(c3)c3ccccc3n4-c3ccccc3)c21. The van der Waals surface area contributed by atoms with Gasteiger partial charge in [-0.2, -0.15) is 0 Å². The molecule has 0 amide bonds. The van der Waals surface area contributed by atoms with E-state index in [9.17, 15) is 0 Å². The number of para-hydroxylation sites is 4. The zero-order chi connectivity index (χ0) is 41.6. The van der Waals surface area contributed by atoms with Gasteiger partial charge in [0.05, 0.1) is 22.1 Å². The van der Waals surface area contributed by atoms with Crippen LogP contribution in [0.5, 0.6) is 0 Å². The smallest absolute Gasteiger partial charge is 0.164 e. The first-order valence-corrected chi connectivity index (χ1v) is 21.1. The monoisotopic (exact) mass is 795 g/mol. The number of nitrogens with zero attached hydrogens (tertiary/aromatic N) is 5. The summed E-state index contributed by atoms with van der Waals surface area (Å²) in [6.07, 6.45) is 6.54. The zero-order valence-corrected chi connectivity index (χ0v) is 34.4. The highest BCUT2D eigenvalue weighted by atomic mass is 15.0. The third-order valence-electron chi connectivity index (χ3n) is 11.9. The van der Waals surface area contributed by atoms with E-state index in [1.54, 1.807) is 0 Å². The van der Waals surface area contributed by atoms with Gasteiger partial charge < -0.3 is 9.13 Å². The number of hydrogen-bond acceptors (Lipinski definition) is 3. The van der Waals surface area contributed by atoms with E-state index in [4.69, 9.17) is 15.0 Å². The molecule has 0 spiro atoms. The normalized spacial score (nSPS) is 12.1. The molecule has 8 aromatic carbocycles. The Balaban J connectivity index is 1.09. The molecule has 5 nitrogen and oxygen atoms in total. The fourth-order valence-corrected chi connectivity index (χ4v) is 9.04. The van der Waals surface area contributed by atoms with Crippen LogP contribution < -0.4 is 0 Å². The highest BCUT2D eigenvalue weighted by Crippen LogP contribution is 2.43. The van der Waals surface area contributed by atoms with Gasteiger partial charge in [-0.1, -0.05) is 176 Å².